The Morgan fingerprint density at radius 2 is 1.95 bits per heavy atom. The second-order valence-corrected chi connectivity index (χ2v) is 5.24. The average Bonchev–Trinajstić information content (AvgIpc) is 3.10. The van der Waals surface area contributed by atoms with E-state index in [0.717, 1.165) is 37.0 Å². The van der Waals surface area contributed by atoms with Crippen LogP contribution < -0.4 is 10.5 Å². The molecule has 1 heterocycles. The molecule has 0 amide bonds. The minimum atomic E-state index is -0.410. The number of hydrogen-bond acceptors (Lipinski definition) is 5. The van der Waals surface area contributed by atoms with Gasteiger partial charge >= 0.3 is 0 Å². The molecule has 0 spiro atoms. The molecule has 2 N–H and O–H groups in total. The molecule has 1 aliphatic carbocycles. The first-order chi connectivity index (χ1) is 9.71. The zero-order chi connectivity index (χ0) is 14.0. The van der Waals surface area contributed by atoms with Crippen molar-refractivity contribution in [3.05, 3.63) is 30.1 Å². The fourth-order valence-electron chi connectivity index (χ4n) is 2.63. The van der Waals surface area contributed by atoms with E-state index in [1.807, 2.05) is 31.2 Å². The molecule has 106 valence electrons. The maximum atomic E-state index is 6.33. The molecular formula is C15H19N3O2. The summed E-state index contributed by atoms with van der Waals surface area (Å²) in [5.74, 6) is 1.97. The third-order valence-electron chi connectivity index (χ3n) is 3.78. The van der Waals surface area contributed by atoms with Gasteiger partial charge in [-0.15, -0.1) is 0 Å². The van der Waals surface area contributed by atoms with Crippen molar-refractivity contribution in [2.24, 2.45) is 5.73 Å². The molecule has 20 heavy (non-hydrogen) atoms. The third kappa shape index (κ3) is 2.41. The van der Waals surface area contributed by atoms with E-state index in [0.29, 0.717) is 18.3 Å². The smallest absolute Gasteiger partial charge is 0.257 e. The summed E-state index contributed by atoms with van der Waals surface area (Å²) < 4.78 is 10.8. The molecule has 5 heteroatoms. The highest BCUT2D eigenvalue weighted by Crippen LogP contribution is 2.35. The molecule has 5 nitrogen and oxygen atoms in total. The van der Waals surface area contributed by atoms with Gasteiger partial charge in [0.1, 0.15) is 5.75 Å². The maximum absolute atomic E-state index is 6.33. The Morgan fingerprint density at radius 1 is 1.25 bits per heavy atom. The molecule has 1 aliphatic rings. The van der Waals surface area contributed by atoms with Gasteiger partial charge in [0.05, 0.1) is 12.1 Å². The van der Waals surface area contributed by atoms with Gasteiger partial charge in [-0.1, -0.05) is 18.0 Å². The minimum absolute atomic E-state index is 0.410. The van der Waals surface area contributed by atoms with Gasteiger partial charge in [0.25, 0.3) is 5.89 Å². The monoisotopic (exact) mass is 273 g/mol. The molecule has 0 radical (unpaired) electrons. The standard InChI is InChI=1S/C15H19N3O2/c1-2-19-12-7-5-11(6-8-12)13-17-14(18-20-13)15(16)9-3-4-10-15/h5-8H,2-4,9-10,16H2,1H3. The Bertz CT molecular complexity index is 571. The van der Waals surface area contributed by atoms with Crippen molar-refractivity contribution in [1.29, 1.82) is 0 Å². The second-order valence-electron chi connectivity index (χ2n) is 5.24. The summed E-state index contributed by atoms with van der Waals surface area (Å²) >= 11 is 0. The zero-order valence-electron chi connectivity index (χ0n) is 11.6. The van der Waals surface area contributed by atoms with E-state index >= 15 is 0 Å². The summed E-state index contributed by atoms with van der Waals surface area (Å²) in [6.45, 7) is 2.61. The summed E-state index contributed by atoms with van der Waals surface area (Å²) in [7, 11) is 0. The molecule has 3 rings (SSSR count). The molecule has 2 aromatic rings. The second kappa shape index (κ2) is 5.25. The fraction of sp³-hybridized carbons (Fsp3) is 0.467. The highest BCUT2D eigenvalue weighted by Gasteiger charge is 2.36. The molecule has 0 aliphatic heterocycles. The lowest BCUT2D eigenvalue weighted by Gasteiger charge is -2.17. The lowest BCUT2D eigenvalue weighted by Crippen LogP contribution is -2.34. The van der Waals surface area contributed by atoms with Gasteiger partial charge in [0.15, 0.2) is 5.82 Å². The molecule has 0 saturated heterocycles. The van der Waals surface area contributed by atoms with Gasteiger partial charge < -0.3 is 15.0 Å². The predicted molar refractivity (Wildman–Crippen MR) is 75.2 cm³/mol. The largest absolute Gasteiger partial charge is 0.494 e. The van der Waals surface area contributed by atoms with Crippen molar-refractivity contribution in [2.45, 2.75) is 38.1 Å². The van der Waals surface area contributed by atoms with E-state index in [1.165, 1.54) is 0 Å². The summed E-state index contributed by atoms with van der Waals surface area (Å²) in [6, 6.07) is 7.63. The number of nitrogens with zero attached hydrogens (tertiary/aromatic N) is 2. The van der Waals surface area contributed by atoms with E-state index in [2.05, 4.69) is 10.1 Å². The normalized spacial score (nSPS) is 17.3. The number of nitrogens with two attached hydrogens (primary N) is 1. The first-order valence-corrected chi connectivity index (χ1v) is 7.07. The van der Waals surface area contributed by atoms with E-state index < -0.39 is 5.54 Å². The average molecular weight is 273 g/mol. The van der Waals surface area contributed by atoms with Gasteiger partial charge in [0, 0.05) is 5.56 Å². The van der Waals surface area contributed by atoms with E-state index in [9.17, 15) is 0 Å². The van der Waals surface area contributed by atoms with Crippen LogP contribution in [0.25, 0.3) is 11.5 Å². The topological polar surface area (TPSA) is 74.2 Å². The van der Waals surface area contributed by atoms with Crippen LogP contribution in [0.5, 0.6) is 5.75 Å². The van der Waals surface area contributed by atoms with E-state index in [-0.39, 0.29) is 0 Å². The van der Waals surface area contributed by atoms with Crippen LogP contribution in [-0.2, 0) is 5.54 Å². The maximum Gasteiger partial charge on any atom is 0.257 e. The van der Waals surface area contributed by atoms with Crippen LogP contribution in [0.4, 0.5) is 0 Å². The Morgan fingerprint density at radius 3 is 2.60 bits per heavy atom. The Kier molecular flexibility index (Phi) is 3.44. The molecule has 1 saturated carbocycles. The van der Waals surface area contributed by atoms with Gasteiger partial charge in [-0.05, 0) is 44.0 Å². The predicted octanol–water partition coefficient (Wildman–Crippen LogP) is 2.86. The van der Waals surface area contributed by atoms with Crippen LogP contribution >= 0.6 is 0 Å². The Labute approximate surface area is 118 Å². The van der Waals surface area contributed by atoms with Crippen molar-refractivity contribution in [2.75, 3.05) is 6.61 Å². The molecule has 0 unspecified atom stereocenters. The SMILES string of the molecule is CCOc1ccc(-c2nc(C3(N)CCCC3)no2)cc1. The van der Waals surface area contributed by atoms with E-state index in [1.54, 1.807) is 0 Å². The molecule has 1 aromatic carbocycles. The van der Waals surface area contributed by atoms with Crippen molar-refractivity contribution >= 4 is 0 Å². The number of aromatic nitrogens is 2. The minimum Gasteiger partial charge on any atom is -0.494 e. The number of rotatable bonds is 4. The highest BCUT2D eigenvalue weighted by molar-refractivity contribution is 5.54. The summed E-state index contributed by atoms with van der Waals surface area (Å²) in [5.41, 5.74) is 6.80. The van der Waals surface area contributed by atoms with Gasteiger partial charge in [-0.25, -0.2) is 0 Å². The first-order valence-electron chi connectivity index (χ1n) is 7.07. The summed E-state index contributed by atoms with van der Waals surface area (Å²) in [6.07, 6.45) is 4.11. The van der Waals surface area contributed by atoms with Crippen LogP contribution in [0.1, 0.15) is 38.4 Å². The van der Waals surface area contributed by atoms with Crippen LogP contribution in [0.2, 0.25) is 0 Å². The summed E-state index contributed by atoms with van der Waals surface area (Å²) in [5, 5.41) is 4.06. The lowest BCUT2D eigenvalue weighted by molar-refractivity contribution is 0.340. The first kappa shape index (κ1) is 13.1. The molecule has 0 bridgehead atoms. The molecule has 0 atom stereocenters. The van der Waals surface area contributed by atoms with Crippen LogP contribution in [0, 0.1) is 0 Å². The lowest BCUT2D eigenvalue weighted by atomic mass is 9.99. The quantitative estimate of drug-likeness (QED) is 0.927. The summed E-state index contributed by atoms with van der Waals surface area (Å²) in [4.78, 5) is 4.47. The van der Waals surface area contributed by atoms with Gasteiger partial charge in [-0.2, -0.15) is 4.98 Å². The number of benzene rings is 1. The van der Waals surface area contributed by atoms with Crippen LogP contribution in [-0.4, -0.2) is 16.7 Å². The Hall–Kier alpha value is -1.88. The van der Waals surface area contributed by atoms with Gasteiger partial charge in [-0.3, -0.25) is 0 Å². The van der Waals surface area contributed by atoms with Crippen molar-refractivity contribution in [3.63, 3.8) is 0 Å². The zero-order valence-corrected chi connectivity index (χ0v) is 11.6. The van der Waals surface area contributed by atoms with Gasteiger partial charge in [0.2, 0.25) is 0 Å². The van der Waals surface area contributed by atoms with E-state index in [4.69, 9.17) is 15.0 Å². The fourth-order valence-corrected chi connectivity index (χ4v) is 2.63. The molecule has 1 aromatic heterocycles. The Balaban J connectivity index is 1.82. The van der Waals surface area contributed by atoms with Crippen LogP contribution in [0.15, 0.2) is 28.8 Å². The highest BCUT2D eigenvalue weighted by atomic mass is 16.5. The molecule has 1 fully saturated rings. The van der Waals surface area contributed by atoms with Crippen molar-refractivity contribution < 1.29 is 9.26 Å². The number of hydrogen-bond donors (Lipinski definition) is 1. The molecular weight excluding hydrogens is 254 g/mol. The van der Waals surface area contributed by atoms with Crippen LogP contribution in [0.3, 0.4) is 0 Å². The van der Waals surface area contributed by atoms with Crippen molar-refractivity contribution in [3.8, 4) is 17.2 Å². The third-order valence-corrected chi connectivity index (χ3v) is 3.78. The number of ether oxygens (including phenoxy) is 1. The van der Waals surface area contributed by atoms with Crippen molar-refractivity contribution in [1.82, 2.24) is 10.1 Å².